The highest BCUT2D eigenvalue weighted by molar-refractivity contribution is 8.00. The molecule has 0 spiro atoms. The molecular weight excluding hydrogens is 376 g/mol. The molecule has 0 aromatic heterocycles. The van der Waals surface area contributed by atoms with Crippen LogP contribution in [0.4, 0.5) is 8.78 Å². The molecule has 1 saturated heterocycles. The summed E-state index contributed by atoms with van der Waals surface area (Å²) in [5.41, 5.74) is 1.15. The van der Waals surface area contributed by atoms with Crippen molar-refractivity contribution in [1.29, 1.82) is 0 Å². The molecule has 0 aliphatic carbocycles. The normalized spacial score (nSPS) is 15.6. The van der Waals surface area contributed by atoms with E-state index in [1.54, 1.807) is 6.92 Å². The van der Waals surface area contributed by atoms with Gasteiger partial charge in [0.05, 0.1) is 0 Å². The van der Waals surface area contributed by atoms with Gasteiger partial charge in [-0.2, -0.15) is 0 Å². The molecule has 1 fully saturated rings. The largest absolute Gasteiger partial charge is 0.343 e. The number of piperidine rings is 1. The number of amides is 1. The Morgan fingerprint density at radius 1 is 1.07 bits per heavy atom. The molecule has 1 heterocycles. The molecule has 5 heteroatoms. The summed E-state index contributed by atoms with van der Waals surface area (Å²) in [5, 5.41) is 0.456. The summed E-state index contributed by atoms with van der Waals surface area (Å²) in [5.74, 6) is -0.365. The molecule has 2 nitrogen and oxygen atoms in total. The Hall–Kier alpha value is -1.88. The summed E-state index contributed by atoms with van der Waals surface area (Å²) in [6.07, 6.45) is 2.07. The Balaban J connectivity index is 0.00000136. The van der Waals surface area contributed by atoms with Crippen molar-refractivity contribution < 1.29 is 13.6 Å². The van der Waals surface area contributed by atoms with Gasteiger partial charge in [-0.15, -0.1) is 11.8 Å². The van der Waals surface area contributed by atoms with Crippen molar-refractivity contribution >= 4 is 17.7 Å². The van der Waals surface area contributed by atoms with Gasteiger partial charge in [0.1, 0.15) is 11.6 Å². The number of likely N-dealkylation sites (tertiary alicyclic amines) is 1. The van der Waals surface area contributed by atoms with E-state index in [1.165, 1.54) is 12.1 Å². The molecule has 2 aromatic carbocycles. The predicted octanol–water partition coefficient (Wildman–Crippen LogP) is 6.40. The molecule has 0 N–H and O–H groups in total. The first kappa shape index (κ1) is 22.4. The molecule has 1 amide bonds. The number of halogens is 2. The lowest BCUT2D eigenvalue weighted by Crippen LogP contribution is -2.39. The highest BCUT2D eigenvalue weighted by Crippen LogP contribution is 2.34. The minimum absolute atomic E-state index is 0.160. The Morgan fingerprint density at radius 2 is 1.68 bits per heavy atom. The molecule has 0 bridgehead atoms. The van der Waals surface area contributed by atoms with Crippen LogP contribution in [0.15, 0.2) is 47.4 Å². The van der Waals surface area contributed by atoms with E-state index in [-0.39, 0.29) is 5.91 Å². The molecule has 0 saturated carbocycles. The van der Waals surface area contributed by atoms with Crippen molar-refractivity contribution in [1.82, 2.24) is 4.90 Å². The first-order valence-electron chi connectivity index (χ1n) is 9.91. The number of carbonyl (C=O) groups excluding carboxylic acids is 1. The Kier molecular flexibility index (Phi) is 8.49. The van der Waals surface area contributed by atoms with Crippen molar-refractivity contribution in [2.24, 2.45) is 5.92 Å². The zero-order valence-corrected chi connectivity index (χ0v) is 17.9. The van der Waals surface area contributed by atoms with Crippen LogP contribution in [-0.4, -0.2) is 29.1 Å². The first-order chi connectivity index (χ1) is 13.4. The molecule has 1 unspecified atom stereocenters. The summed E-state index contributed by atoms with van der Waals surface area (Å²) in [6, 6.07) is 11.4. The SMILES string of the molecule is CC.CC(=O)N1CCC(C(C)Sc2ccc(-c3ccc(F)cc3F)cc2)CC1. The highest BCUT2D eigenvalue weighted by atomic mass is 32.2. The van der Waals surface area contributed by atoms with E-state index in [0.717, 1.165) is 42.5 Å². The second-order valence-corrected chi connectivity index (χ2v) is 8.27. The molecule has 2 aromatic rings. The number of nitrogens with zero attached hydrogens (tertiary/aromatic N) is 1. The maximum Gasteiger partial charge on any atom is 0.219 e. The number of thioether (sulfide) groups is 1. The summed E-state index contributed by atoms with van der Waals surface area (Å²) in [7, 11) is 0. The fourth-order valence-electron chi connectivity index (χ4n) is 3.43. The van der Waals surface area contributed by atoms with Crippen LogP contribution in [0, 0.1) is 17.6 Å². The van der Waals surface area contributed by atoms with Crippen molar-refractivity contribution in [3.8, 4) is 11.1 Å². The van der Waals surface area contributed by atoms with E-state index >= 15 is 0 Å². The van der Waals surface area contributed by atoms with Gasteiger partial charge < -0.3 is 4.90 Å². The molecule has 28 heavy (non-hydrogen) atoms. The molecule has 1 atom stereocenters. The maximum absolute atomic E-state index is 13.9. The Bertz CT molecular complexity index is 771. The van der Waals surface area contributed by atoms with Gasteiger partial charge in [-0.3, -0.25) is 4.79 Å². The van der Waals surface area contributed by atoms with E-state index in [4.69, 9.17) is 0 Å². The zero-order chi connectivity index (χ0) is 20.7. The van der Waals surface area contributed by atoms with Crippen LogP contribution in [0.1, 0.15) is 40.5 Å². The van der Waals surface area contributed by atoms with Gasteiger partial charge in [0.15, 0.2) is 0 Å². The lowest BCUT2D eigenvalue weighted by Gasteiger charge is -2.34. The lowest BCUT2D eigenvalue weighted by molar-refractivity contribution is -0.130. The minimum atomic E-state index is -0.567. The van der Waals surface area contributed by atoms with Gasteiger partial charge in [-0.05, 0) is 48.6 Å². The third-order valence-electron chi connectivity index (χ3n) is 5.07. The topological polar surface area (TPSA) is 20.3 Å². The minimum Gasteiger partial charge on any atom is -0.343 e. The first-order valence-corrected chi connectivity index (χ1v) is 10.8. The predicted molar refractivity (Wildman–Crippen MR) is 113 cm³/mol. The smallest absolute Gasteiger partial charge is 0.219 e. The van der Waals surface area contributed by atoms with Crippen LogP contribution >= 0.6 is 11.8 Å². The Labute approximate surface area is 171 Å². The number of rotatable bonds is 4. The average molecular weight is 406 g/mol. The van der Waals surface area contributed by atoms with Crippen LogP contribution < -0.4 is 0 Å². The third kappa shape index (κ3) is 5.81. The average Bonchev–Trinajstić information content (AvgIpc) is 2.70. The number of carbonyl (C=O) groups is 1. The maximum atomic E-state index is 13.9. The van der Waals surface area contributed by atoms with Crippen molar-refractivity contribution in [2.45, 2.75) is 50.7 Å². The van der Waals surface area contributed by atoms with Crippen LogP contribution in [0.2, 0.25) is 0 Å². The van der Waals surface area contributed by atoms with Crippen LogP contribution in [0.3, 0.4) is 0 Å². The van der Waals surface area contributed by atoms with Gasteiger partial charge >= 0.3 is 0 Å². The van der Waals surface area contributed by atoms with E-state index in [9.17, 15) is 13.6 Å². The Morgan fingerprint density at radius 3 is 2.21 bits per heavy atom. The van der Waals surface area contributed by atoms with Crippen molar-refractivity contribution in [3.63, 3.8) is 0 Å². The van der Waals surface area contributed by atoms with Crippen LogP contribution in [0.5, 0.6) is 0 Å². The summed E-state index contributed by atoms with van der Waals surface area (Å²) >= 11 is 1.81. The molecule has 3 rings (SSSR count). The molecule has 1 aliphatic heterocycles. The fraction of sp³-hybridized carbons (Fsp3) is 0.435. The van der Waals surface area contributed by atoms with E-state index in [2.05, 4.69) is 6.92 Å². The van der Waals surface area contributed by atoms with Gasteiger partial charge in [0.25, 0.3) is 0 Å². The van der Waals surface area contributed by atoms with Gasteiger partial charge in [0.2, 0.25) is 5.91 Å². The molecule has 152 valence electrons. The van der Waals surface area contributed by atoms with Crippen LogP contribution in [0.25, 0.3) is 11.1 Å². The quantitative estimate of drug-likeness (QED) is 0.549. The molecular formula is C23H29F2NOS. The number of hydrogen-bond acceptors (Lipinski definition) is 2. The summed E-state index contributed by atoms with van der Waals surface area (Å²) in [4.78, 5) is 14.5. The lowest BCUT2D eigenvalue weighted by atomic mass is 9.94. The standard InChI is InChI=1S/C21H23F2NOS.C2H6/c1-14(16-9-11-24(12-10-16)15(2)25)26-19-6-3-17(4-7-19)20-8-5-18(22)13-21(20)23;1-2/h3-8,13-14,16H,9-12H2,1-2H3;1-2H3. The van der Waals surface area contributed by atoms with E-state index in [1.807, 2.05) is 54.8 Å². The number of hydrogen-bond donors (Lipinski definition) is 0. The second kappa shape index (κ2) is 10.6. The highest BCUT2D eigenvalue weighted by Gasteiger charge is 2.25. The monoisotopic (exact) mass is 405 g/mol. The second-order valence-electron chi connectivity index (χ2n) is 6.82. The summed E-state index contributed by atoms with van der Waals surface area (Å²) in [6.45, 7) is 9.54. The van der Waals surface area contributed by atoms with Crippen molar-refractivity contribution in [2.75, 3.05) is 13.1 Å². The van der Waals surface area contributed by atoms with Crippen molar-refractivity contribution in [3.05, 3.63) is 54.1 Å². The third-order valence-corrected chi connectivity index (χ3v) is 6.37. The van der Waals surface area contributed by atoms with E-state index in [0.29, 0.717) is 16.7 Å². The van der Waals surface area contributed by atoms with Gasteiger partial charge in [0, 0.05) is 41.8 Å². The van der Waals surface area contributed by atoms with Crippen LogP contribution in [-0.2, 0) is 4.79 Å². The number of benzene rings is 2. The summed E-state index contributed by atoms with van der Waals surface area (Å²) < 4.78 is 27.0. The zero-order valence-electron chi connectivity index (χ0n) is 17.0. The van der Waals surface area contributed by atoms with Gasteiger partial charge in [-0.25, -0.2) is 8.78 Å². The molecule has 0 radical (unpaired) electrons. The van der Waals surface area contributed by atoms with E-state index < -0.39 is 11.6 Å². The molecule has 1 aliphatic rings. The van der Waals surface area contributed by atoms with Gasteiger partial charge in [-0.1, -0.05) is 32.9 Å². The fourth-order valence-corrected chi connectivity index (χ4v) is 4.62.